The summed E-state index contributed by atoms with van der Waals surface area (Å²) in [6.07, 6.45) is -5.06. The van der Waals surface area contributed by atoms with Gasteiger partial charge in [-0.25, -0.2) is 9.18 Å². The van der Waals surface area contributed by atoms with Gasteiger partial charge < -0.3 is 4.74 Å². The predicted octanol–water partition coefficient (Wildman–Crippen LogP) is 2.89. The molecule has 0 bridgehead atoms. The number of nitriles is 1. The SMILES string of the molecule is CCOC(=O)c1ccc(F)c(C(F)(F)F)c1C#N. The first-order valence-corrected chi connectivity index (χ1v) is 4.79. The van der Waals surface area contributed by atoms with Crippen molar-refractivity contribution in [2.24, 2.45) is 0 Å². The molecule has 1 rings (SSSR count). The molecule has 0 unspecified atom stereocenters. The maximum atomic E-state index is 13.1. The van der Waals surface area contributed by atoms with Gasteiger partial charge in [-0.15, -0.1) is 0 Å². The Morgan fingerprint density at radius 3 is 2.50 bits per heavy atom. The summed E-state index contributed by atoms with van der Waals surface area (Å²) < 4.78 is 55.4. The molecule has 0 aliphatic carbocycles. The Hall–Kier alpha value is -2.10. The number of nitrogens with zero attached hydrogens (tertiary/aromatic N) is 1. The van der Waals surface area contributed by atoms with E-state index in [2.05, 4.69) is 4.74 Å². The van der Waals surface area contributed by atoms with E-state index in [0.717, 1.165) is 6.07 Å². The molecule has 18 heavy (non-hydrogen) atoms. The molecule has 96 valence electrons. The van der Waals surface area contributed by atoms with E-state index in [-0.39, 0.29) is 6.61 Å². The second-order valence-corrected chi connectivity index (χ2v) is 3.17. The van der Waals surface area contributed by atoms with Crippen molar-refractivity contribution in [3.05, 3.63) is 34.6 Å². The molecule has 3 nitrogen and oxygen atoms in total. The number of ether oxygens (including phenoxy) is 1. The third kappa shape index (κ3) is 2.59. The summed E-state index contributed by atoms with van der Waals surface area (Å²) in [5.41, 5.74) is -3.43. The molecule has 0 saturated heterocycles. The standard InChI is InChI=1S/C11H7F4NO2/c1-2-18-10(17)6-3-4-8(12)9(7(6)5-16)11(13,14)15/h3-4H,2H2,1H3. The fourth-order valence-corrected chi connectivity index (χ4v) is 1.35. The third-order valence-corrected chi connectivity index (χ3v) is 2.05. The van der Waals surface area contributed by atoms with Gasteiger partial charge in [0.25, 0.3) is 0 Å². The van der Waals surface area contributed by atoms with Gasteiger partial charge >= 0.3 is 12.1 Å². The molecular weight excluding hydrogens is 254 g/mol. The molecule has 0 radical (unpaired) electrons. The van der Waals surface area contributed by atoms with Crippen molar-refractivity contribution < 1.29 is 27.1 Å². The Bertz CT molecular complexity index is 517. The normalized spacial score (nSPS) is 10.9. The lowest BCUT2D eigenvalue weighted by molar-refractivity contribution is -0.140. The number of hydrogen-bond donors (Lipinski definition) is 0. The minimum absolute atomic E-state index is 0.0670. The zero-order chi connectivity index (χ0) is 13.9. The van der Waals surface area contributed by atoms with Gasteiger partial charge in [-0.3, -0.25) is 0 Å². The second kappa shape index (κ2) is 5.04. The molecule has 0 atom stereocenters. The smallest absolute Gasteiger partial charge is 0.420 e. The van der Waals surface area contributed by atoms with Crippen molar-refractivity contribution in [3.63, 3.8) is 0 Å². The second-order valence-electron chi connectivity index (χ2n) is 3.17. The Morgan fingerprint density at radius 2 is 2.06 bits per heavy atom. The highest BCUT2D eigenvalue weighted by atomic mass is 19.4. The molecule has 0 N–H and O–H groups in total. The highest BCUT2D eigenvalue weighted by Crippen LogP contribution is 2.35. The lowest BCUT2D eigenvalue weighted by Crippen LogP contribution is -2.16. The lowest BCUT2D eigenvalue weighted by Gasteiger charge is -2.12. The van der Waals surface area contributed by atoms with Crippen molar-refractivity contribution in [2.75, 3.05) is 6.61 Å². The molecule has 7 heteroatoms. The molecule has 0 spiro atoms. The Labute approximate surface area is 99.6 Å². The van der Waals surface area contributed by atoms with Gasteiger partial charge in [0.15, 0.2) is 0 Å². The monoisotopic (exact) mass is 261 g/mol. The molecule has 1 aromatic carbocycles. The van der Waals surface area contributed by atoms with E-state index in [4.69, 9.17) is 5.26 Å². The van der Waals surface area contributed by atoms with Gasteiger partial charge in [-0.05, 0) is 19.1 Å². The molecule has 0 fully saturated rings. The van der Waals surface area contributed by atoms with Crippen LogP contribution in [-0.4, -0.2) is 12.6 Å². The number of benzene rings is 1. The van der Waals surface area contributed by atoms with Gasteiger partial charge in [0.2, 0.25) is 0 Å². The summed E-state index contributed by atoms with van der Waals surface area (Å²) in [5, 5.41) is 8.68. The summed E-state index contributed by atoms with van der Waals surface area (Å²) in [6, 6.07) is 2.46. The summed E-state index contributed by atoms with van der Waals surface area (Å²) in [4.78, 5) is 11.4. The summed E-state index contributed by atoms with van der Waals surface area (Å²) in [7, 11) is 0. The van der Waals surface area contributed by atoms with E-state index in [9.17, 15) is 22.4 Å². The molecule has 0 saturated carbocycles. The van der Waals surface area contributed by atoms with Gasteiger partial charge in [-0.2, -0.15) is 18.4 Å². The number of carbonyl (C=O) groups excluding carboxylic acids is 1. The highest BCUT2D eigenvalue weighted by Gasteiger charge is 2.39. The van der Waals surface area contributed by atoms with E-state index >= 15 is 0 Å². The maximum absolute atomic E-state index is 13.1. The molecule has 0 heterocycles. The average Bonchev–Trinajstić information content (AvgIpc) is 2.26. The summed E-state index contributed by atoms with van der Waals surface area (Å²) >= 11 is 0. The van der Waals surface area contributed by atoms with E-state index in [0.29, 0.717) is 6.07 Å². The number of carbonyl (C=O) groups is 1. The van der Waals surface area contributed by atoms with Crippen LogP contribution < -0.4 is 0 Å². The zero-order valence-electron chi connectivity index (χ0n) is 9.14. The van der Waals surface area contributed by atoms with Gasteiger partial charge in [0, 0.05) is 0 Å². The van der Waals surface area contributed by atoms with Crippen molar-refractivity contribution in [3.8, 4) is 6.07 Å². The van der Waals surface area contributed by atoms with Gasteiger partial charge in [0.05, 0.1) is 17.7 Å². The first-order chi connectivity index (χ1) is 8.32. The summed E-state index contributed by atoms with van der Waals surface area (Å²) in [5.74, 6) is -2.70. The van der Waals surface area contributed by atoms with Crippen LogP contribution in [0.2, 0.25) is 0 Å². The quantitative estimate of drug-likeness (QED) is 0.607. The van der Waals surface area contributed by atoms with Crippen molar-refractivity contribution in [2.45, 2.75) is 13.1 Å². The van der Waals surface area contributed by atoms with Crippen LogP contribution in [0.15, 0.2) is 12.1 Å². The molecule has 0 aliphatic rings. The maximum Gasteiger partial charge on any atom is 0.420 e. The topological polar surface area (TPSA) is 50.1 Å². The van der Waals surface area contributed by atoms with Crippen LogP contribution in [0, 0.1) is 17.1 Å². The van der Waals surface area contributed by atoms with Crippen molar-refractivity contribution >= 4 is 5.97 Å². The first kappa shape index (κ1) is 14.0. The number of hydrogen-bond acceptors (Lipinski definition) is 3. The number of halogens is 4. The van der Waals surface area contributed by atoms with Gasteiger partial charge in [-0.1, -0.05) is 0 Å². The van der Waals surface area contributed by atoms with Crippen LogP contribution in [0.5, 0.6) is 0 Å². The number of alkyl halides is 3. The van der Waals surface area contributed by atoms with Crippen LogP contribution >= 0.6 is 0 Å². The van der Waals surface area contributed by atoms with Gasteiger partial charge in [0.1, 0.15) is 17.4 Å². The highest BCUT2D eigenvalue weighted by molar-refractivity contribution is 5.92. The van der Waals surface area contributed by atoms with E-state index in [1.165, 1.54) is 13.0 Å². The zero-order valence-corrected chi connectivity index (χ0v) is 9.14. The van der Waals surface area contributed by atoms with E-state index < -0.39 is 34.7 Å². The average molecular weight is 261 g/mol. The lowest BCUT2D eigenvalue weighted by atomic mass is 10.0. The minimum Gasteiger partial charge on any atom is -0.462 e. The summed E-state index contributed by atoms with van der Waals surface area (Å²) in [6.45, 7) is 1.39. The van der Waals surface area contributed by atoms with Crippen LogP contribution in [0.3, 0.4) is 0 Å². The first-order valence-electron chi connectivity index (χ1n) is 4.79. The Morgan fingerprint density at radius 1 is 1.44 bits per heavy atom. The molecule has 0 aromatic heterocycles. The Kier molecular flexibility index (Phi) is 3.91. The Balaban J connectivity index is 3.50. The predicted molar refractivity (Wildman–Crippen MR) is 52.1 cm³/mol. The van der Waals surface area contributed by atoms with Crippen molar-refractivity contribution in [1.82, 2.24) is 0 Å². The van der Waals surface area contributed by atoms with Crippen LogP contribution in [0.4, 0.5) is 17.6 Å². The molecule has 0 amide bonds. The fourth-order valence-electron chi connectivity index (χ4n) is 1.35. The van der Waals surface area contributed by atoms with E-state index in [1.54, 1.807) is 0 Å². The molecule has 0 aliphatic heterocycles. The molecule has 1 aromatic rings. The van der Waals surface area contributed by atoms with E-state index in [1.807, 2.05) is 0 Å². The fraction of sp³-hybridized carbons (Fsp3) is 0.273. The van der Waals surface area contributed by atoms with Crippen LogP contribution in [0.25, 0.3) is 0 Å². The van der Waals surface area contributed by atoms with Crippen molar-refractivity contribution in [1.29, 1.82) is 5.26 Å². The third-order valence-electron chi connectivity index (χ3n) is 2.05. The molecular formula is C11H7F4NO2. The minimum atomic E-state index is -5.06. The van der Waals surface area contributed by atoms with Crippen LogP contribution in [0.1, 0.15) is 28.4 Å². The largest absolute Gasteiger partial charge is 0.462 e. The van der Waals surface area contributed by atoms with Crippen LogP contribution in [-0.2, 0) is 10.9 Å². The number of esters is 1. The number of rotatable bonds is 2.